The number of aryl methyl sites for hydroxylation is 1. The molecule has 0 fully saturated rings. The van der Waals surface area contributed by atoms with Gasteiger partial charge < -0.3 is 4.57 Å². The molecule has 1 aromatic carbocycles. The van der Waals surface area contributed by atoms with Gasteiger partial charge in [-0.15, -0.1) is 0 Å². The van der Waals surface area contributed by atoms with Crippen LogP contribution in [0.2, 0.25) is 0 Å². The quantitative estimate of drug-likeness (QED) is 0.688. The normalized spacial score (nSPS) is 11.0. The van der Waals surface area contributed by atoms with E-state index in [4.69, 9.17) is 0 Å². The Kier molecular flexibility index (Phi) is 3.29. The summed E-state index contributed by atoms with van der Waals surface area (Å²) in [5.41, 5.74) is 3.66. The zero-order chi connectivity index (χ0) is 15.0. The average molecular weight is 282 g/mol. The molecule has 0 aliphatic carbocycles. The van der Waals surface area contributed by atoms with E-state index in [0.717, 1.165) is 22.6 Å². The lowest BCUT2D eigenvalue weighted by molar-refractivity contribution is 0.0972. The highest BCUT2D eigenvalue weighted by atomic mass is 19.1. The van der Waals surface area contributed by atoms with Crippen LogP contribution in [0.5, 0.6) is 0 Å². The Morgan fingerprint density at radius 3 is 2.62 bits per heavy atom. The number of aromatic nitrogens is 2. The highest BCUT2D eigenvalue weighted by molar-refractivity contribution is 5.96. The number of benzene rings is 1. The lowest BCUT2D eigenvalue weighted by atomic mass is 10.1. The highest BCUT2D eigenvalue weighted by Crippen LogP contribution is 2.27. The van der Waals surface area contributed by atoms with Crippen molar-refractivity contribution in [1.82, 2.24) is 9.55 Å². The third-order valence-electron chi connectivity index (χ3n) is 3.74. The van der Waals surface area contributed by atoms with Gasteiger partial charge in [0.05, 0.1) is 6.54 Å². The second-order valence-electron chi connectivity index (χ2n) is 5.13. The number of rotatable bonds is 3. The van der Waals surface area contributed by atoms with Crippen LogP contribution in [0.4, 0.5) is 4.39 Å². The Labute approximate surface area is 122 Å². The van der Waals surface area contributed by atoms with Gasteiger partial charge in [-0.25, -0.2) is 9.37 Å². The van der Waals surface area contributed by atoms with Gasteiger partial charge in [0, 0.05) is 23.0 Å². The van der Waals surface area contributed by atoms with Gasteiger partial charge in [-0.1, -0.05) is 0 Å². The molecule has 0 saturated heterocycles. The van der Waals surface area contributed by atoms with Crippen LogP contribution >= 0.6 is 0 Å². The maximum Gasteiger partial charge on any atom is 0.182 e. The van der Waals surface area contributed by atoms with Gasteiger partial charge in [-0.3, -0.25) is 4.79 Å². The van der Waals surface area contributed by atoms with Gasteiger partial charge >= 0.3 is 0 Å². The Bertz CT molecular complexity index is 774. The molecule has 0 N–H and O–H groups in total. The van der Waals surface area contributed by atoms with Crippen LogP contribution in [-0.2, 0) is 6.54 Å². The molecule has 0 spiro atoms. The molecule has 106 valence electrons. The summed E-state index contributed by atoms with van der Waals surface area (Å²) in [7, 11) is 0. The molecule has 0 amide bonds. The second-order valence-corrected chi connectivity index (χ2v) is 5.13. The minimum absolute atomic E-state index is 0.0641. The molecule has 2 aliphatic rings. The molecule has 0 saturated carbocycles. The number of carbonyl (C=O) groups is 1. The van der Waals surface area contributed by atoms with Gasteiger partial charge in [-0.2, -0.15) is 0 Å². The zero-order valence-corrected chi connectivity index (χ0v) is 11.9. The molecular formula is C17H15FN2O. The highest BCUT2D eigenvalue weighted by Gasteiger charge is 2.16. The van der Waals surface area contributed by atoms with Crippen LogP contribution in [0, 0.1) is 19.7 Å². The van der Waals surface area contributed by atoms with Gasteiger partial charge in [-0.05, 0) is 55.8 Å². The summed E-state index contributed by atoms with van der Waals surface area (Å²) < 4.78 is 14.7. The molecule has 21 heavy (non-hydrogen) atoms. The molecule has 2 aliphatic heterocycles. The number of halogens is 1. The molecule has 1 aromatic rings. The van der Waals surface area contributed by atoms with E-state index < -0.39 is 0 Å². The summed E-state index contributed by atoms with van der Waals surface area (Å²) in [6, 6.07) is 9.53. The number of hydrogen-bond donors (Lipinski definition) is 0. The fourth-order valence-electron chi connectivity index (χ4n) is 2.41. The van der Waals surface area contributed by atoms with E-state index in [2.05, 4.69) is 4.98 Å². The number of ketones is 1. The van der Waals surface area contributed by atoms with Gasteiger partial charge in [0.1, 0.15) is 11.6 Å². The van der Waals surface area contributed by atoms with Crippen LogP contribution < -0.4 is 0 Å². The Morgan fingerprint density at radius 1 is 1.19 bits per heavy atom. The summed E-state index contributed by atoms with van der Waals surface area (Å²) >= 11 is 0. The monoisotopic (exact) mass is 282 g/mol. The van der Waals surface area contributed by atoms with Crippen molar-refractivity contribution in [1.29, 1.82) is 0 Å². The molecule has 0 radical (unpaired) electrons. The number of pyridine rings is 1. The van der Waals surface area contributed by atoms with Crippen molar-refractivity contribution in [3.63, 3.8) is 0 Å². The van der Waals surface area contributed by atoms with E-state index in [9.17, 15) is 9.18 Å². The first-order valence-corrected chi connectivity index (χ1v) is 6.77. The number of nitrogens with zero attached hydrogens (tertiary/aromatic N) is 2. The predicted molar refractivity (Wildman–Crippen MR) is 79.1 cm³/mol. The van der Waals surface area contributed by atoms with E-state index in [1.54, 1.807) is 0 Å². The van der Waals surface area contributed by atoms with Crippen LogP contribution in [0.1, 0.15) is 21.6 Å². The molecular weight excluding hydrogens is 267 g/mol. The molecule has 3 rings (SSSR count). The number of Topliss-reactive ketones (excluding diaryl/α,β-unsaturated/α-hetero) is 1. The zero-order valence-electron chi connectivity index (χ0n) is 11.9. The van der Waals surface area contributed by atoms with Crippen LogP contribution in [0.3, 0.4) is 0 Å². The topological polar surface area (TPSA) is 34.9 Å². The molecule has 3 nitrogen and oxygen atoms in total. The minimum Gasteiger partial charge on any atom is -0.325 e. The second kappa shape index (κ2) is 5.13. The van der Waals surface area contributed by atoms with Crippen LogP contribution in [-0.4, -0.2) is 15.3 Å². The number of carbonyl (C=O) groups excluding carboxylic acids is 1. The van der Waals surface area contributed by atoms with Crippen molar-refractivity contribution in [2.24, 2.45) is 0 Å². The number of fused-ring (bicyclic) bond motifs is 1. The van der Waals surface area contributed by atoms with Crippen LogP contribution in [0.25, 0.3) is 11.4 Å². The van der Waals surface area contributed by atoms with E-state index >= 15 is 0 Å². The maximum atomic E-state index is 12.9. The van der Waals surface area contributed by atoms with Crippen molar-refractivity contribution in [3.05, 3.63) is 65.2 Å². The molecule has 0 atom stereocenters. The maximum absolute atomic E-state index is 12.9. The van der Waals surface area contributed by atoms with Crippen molar-refractivity contribution in [2.45, 2.75) is 20.4 Å². The van der Waals surface area contributed by atoms with Gasteiger partial charge in [0.2, 0.25) is 0 Å². The SMILES string of the molecule is Cc1nc2n(CC(=O)c3ccc(F)cc3)cccc-2c1C. The largest absolute Gasteiger partial charge is 0.325 e. The summed E-state index contributed by atoms with van der Waals surface area (Å²) in [6.45, 7) is 4.18. The Balaban J connectivity index is 1.92. The third kappa shape index (κ3) is 2.44. The standard InChI is InChI=1S/C17H15FN2O/c1-11-12(2)19-17-15(11)4-3-9-20(17)10-16(21)13-5-7-14(18)8-6-13/h3-9H,10H2,1-2H3. The van der Waals surface area contributed by atoms with Crippen molar-refractivity contribution < 1.29 is 9.18 Å². The minimum atomic E-state index is -0.342. The molecule has 0 bridgehead atoms. The predicted octanol–water partition coefficient (Wildman–Crippen LogP) is 3.63. The van der Waals surface area contributed by atoms with Gasteiger partial charge in [0.25, 0.3) is 0 Å². The average Bonchev–Trinajstić information content (AvgIpc) is 2.77. The molecule has 4 heteroatoms. The first kappa shape index (κ1) is 13.5. The summed E-state index contributed by atoms with van der Waals surface area (Å²) in [5.74, 6) is 0.402. The van der Waals surface area contributed by atoms with E-state index in [1.165, 1.54) is 24.3 Å². The van der Waals surface area contributed by atoms with Crippen molar-refractivity contribution in [2.75, 3.05) is 0 Å². The Hall–Kier alpha value is -2.49. The lowest BCUT2D eigenvalue weighted by Gasteiger charge is -2.11. The Morgan fingerprint density at radius 2 is 1.90 bits per heavy atom. The smallest absolute Gasteiger partial charge is 0.182 e. The van der Waals surface area contributed by atoms with E-state index in [0.29, 0.717) is 5.56 Å². The van der Waals surface area contributed by atoms with E-state index in [-0.39, 0.29) is 18.1 Å². The summed E-state index contributed by atoms with van der Waals surface area (Å²) in [4.78, 5) is 16.8. The molecule has 0 aromatic heterocycles. The van der Waals surface area contributed by atoms with Crippen LogP contribution in [0.15, 0.2) is 42.6 Å². The fourth-order valence-corrected chi connectivity index (χ4v) is 2.41. The first-order chi connectivity index (χ1) is 10.1. The van der Waals surface area contributed by atoms with Crippen molar-refractivity contribution >= 4 is 5.78 Å². The van der Waals surface area contributed by atoms with Crippen molar-refractivity contribution in [3.8, 4) is 11.4 Å². The van der Waals surface area contributed by atoms with Gasteiger partial charge in [0.15, 0.2) is 5.78 Å². The fraction of sp³-hybridized carbons (Fsp3) is 0.176. The summed E-state index contributed by atoms with van der Waals surface area (Å²) in [5, 5.41) is 0. The summed E-state index contributed by atoms with van der Waals surface area (Å²) in [6.07, 6.45) is 1.84. The molecule has 0 unspecified atom stereocenters. The molecule has 2 heterocycles. The third-order valence-corrected chi connectivity index (χ3v) is 3.74. The van der Waals surface area contributed by atoms with E-state index in [1.807, 2.05) is 36.7 Å². The number of hydrogen-bond acceptors (Lipinski definition) is 2. The first-order valence-electron chi connectivity index (χ1n) is 6.77. The lowest BCUT2D eigenvalue weighted by Crippen LogP contribution is -2.12.